The first-order valence-electron chi connectivity index (χ1n) is 10.7. The van der Waals surface area contributed by atoms with Crippen LogP contribution in [0.25, 0.3) is 0 Å². The van der Waals surface area contributed by atoms with Crippen molar-refractivity contribution >= 4 is 38.9 Å². The summed E-state index contributed by atoms with van der Waals surface area (Å²) in [6.45, 7) is 2.29. The van der Waals surface area contributed by atoms with Crippen molar-refractivity contribution in [2.75, 3.05) is 35.7 Å². The predicted octanol–water partition coefficient (Wildman–Crippen LogP) is 3.07. The summed E-state index contributed by atoms with van der Waals surface area (Å²) in [4.78, 5) is 21.8. The smallest absolute Gasteiger partial charge is 0.225 e. The van der Waals surface area contributed by atoms with E-state index in [2.05, 4.69) is 29.7 Å². The Morgan fingerprint density at radius 2 is 1.79 bits per heavy atom. The van der Waals surface area contributed by atoms with Crippen molar-refractivity contribution in [3.8, 4) is 5.88 Å². The van der Waals surface area contributed by atoms with Crippen LogP contribution in [0.15, 0.2) is 47.9 Å². The molecule has 3 aromatic rings. The van der Waals surface area contributed by atoms with E-state index in [-0.39, 0.29) is 6.10 Å². The number of nitrogens with zero attached hydrogens (tertiary/aromatic N) is 6. The Morgan fingerprint density at radius 3 is 2.52 bits per heavy atom. The van der Waals surface area contributed by atoms with Crippen LogP contribution >= 0.6 is 11.6 Å². The van der Waals surface area contributed by atoms with Crippen molar-refractivity contribution < 1.29 is 13.2 Å². The number of piperidine rings is 1. The van der Waals surface area contributed by atoms with Crippen molar-refractivity contribution in [1.29, 1.82) is 0 Å². The Hall–Kier alpha value is -2.98. The molecule has 0 unspecified atom stereocenters. The predicted molar refractivity (Wildman–Crippen MR) is 125 cm³/mol. The number of halogens is 1. The number of anilines is 3. The number of fused-ring (bicyclic) bond motifs is 1. The van der Waals surface area contributed by atoms with Gasteiger partial charge in [0.25, 0.3) is 0 Å². The number of hydrogen-bond donors (Lipinski definition) is 0. The summed E-state index contributed by atoms with van der Waals surface area (Å²) in [7, 11) is -3.23. The van der Waals surface area contributed by atoms with Gasteiger partial charge in [-0.25, -0.2) is 28.4 Å². The second-order valence-electron chi connectivity index (χ2n) is 8.18. The monoisotopic (exact) mass is 486 g/mol. The van der Waals surface area contributed by atoms with Crippen LogP contribution < -0.4 is 14.5 Å². The summed E-state index contributed by atoms with van der Waals surface area (Å²) in [5.74, 6) is 1.94. The average molecular weight is 487 g/mol. The third kappa shape index (κ3) is 4.72. The summed E-state index contributed by atoms with van der Waals surface area (Å²) >= 11 is 5.87. The molecule has 2 aliphatic rings. The summed E-state index contributed by atoms with van der Waals surface area (Å²) in [6.07, 6.45) is 8.38. The van der Waals surface area contributed by atoms with Gasteiger partial charge in [-0.05, 0) is 30.2 Å². The average Bonchev–Trinajstić information content (AvgIpc) is 3.23. The lowest BCUT2D eigenvalue weighted by Gasteiger charge is -2.31. The summed E-state index contributed by atoms with van der Waals surface area (Å²) in [5.41, 5.74) is 1.96. The second-order valence-corrected chi connectivity index (χ2v) is 10.6. The molecule has 1 saturated heterocycles. The van der Waals surface area contributed by atoms with Crippen molar-refractivity contribution in [3.63, 3.8) is 0 Å². The van der Waals surface area contributed by atoms with Gasteiger partial charge in [-0.3, -0.25) is 0 Å². The molecular weight excluding hydrogens is 464 g/mol. The molecule has 0 radical (unpaired) electrons. The SMILES string of the molecule is CS(=O)(=O)c1ccc2c(c1)CCN2c1cc(OC2CCN(c3ncc(Cl)cn3)CC2)ncn1. The van der Waals surface area contributed by atoms with Gasteiger partial charge < -0.3 is 14.5 Å². The summed E-state index contributed by atoms with van der Waals surface area (Å²) < 4.78 is 29.9. The minimum Gasteiger partial charge on any atom is -0.474 e. The Kier molecular flexibility index (Phi) is 5.79. The Morgan fingerprint density at radius 1 is 1.03 bits per heavy atom. The lowest BCUT2D eigenvalue weighted by molar-refractivity contribution is 0.163. The Bertz CT molecular complexity index is 1260. The largest absolute Gasteiger partial charge is 0.474 e. The van der Waals surface area contributed by atoms with Crippen LogP contribution in [0.5, 0.6) is 5.88 Å². The lowest BCUT2D eigenvalue weighted by atomic mass is 10.1. The molecule has 1 fully saturated rings. The molecule has 172 valence electrons. The zero-order valence-corrected chi connectivity index (χ0v) is 19.6. The van der Waals surface area contributed by atoms with E-state index in [0.29, 0.717) is 21.7 Å². The quantitative estimate of drug-likeness (QED) is 0.538. The highest BCUT2D eigenvalue weighted by Gasteiger charge is 2.25. The molecule has 0 aliphatic carbocycles. The van der Waals surface area contributed by atoms with Crippen LogP contribution in [0.3, 0.4) is 0 Å². The third-order valence-corrected chi connectivity index (χ3v) is 7.20. The van der Waals surface area contributed by atoms with E-state index >= 15 is 0 Å². The van der Waals surface area contributed by atoms with Crippen molar-refractivity contribution in [3.05, 3.63) is 53.6 Å². The zero-order chi connectivity index (χ0) is 23.0. The van der Waals surface area contributed by atoms with E-state index in [0.717, 1.165) is 56.0 Å². The fraction of sp³-hybridized carbons (Fsp3) is 0.364. The number of rotatable bonds is 5. The van der Waals surface area contributed by atoms with Gasteiger partial charge in [-0.15, -0.1) is 0 Å². The lowest BCUT2D eigenvalue weighted by Crippen LogP contribution is -2.39. The molecule has 9 nitrogen and oxygen atoms in total. The van der Waals surface area contributed by atoms with Crippen LogP contribution in [0.1, 0.15) is 18.4 Å². The first-order valence-corrected chi connectivity index (χ1v) is 13.0. The molecule has 11 heteroatoms. The molecular formula is C22H23ClN6O3S. The van der Waals surface area contributed by atoms with Gasteiger partial charge >= 0.3 is 0 Å². The Balaban J connectivity index is 1.25. The van der Waals surface area contributed by atoms with Gasteiger partial charge in [0.05, 0.1) is 22.3 Å². The molecule has 33 heavy (non-hydrogen) atoms. The minimum absolute atomic E-state index is 0.0412. The fourth-order valence-electron chi connectivity index (χ4n) is 4.20. The number of ether oxygens (including phenoxy) is 1. The fourth-order valence-corrected chi connectivity index (χ4v) is 4.97. The van der Waals surface area contributed by atoms with Crippen molar-refractivity contribution in [2.45, 2.75) is 30.3 Å². The van der Waals surface area contributed by atoms with Crippen LogP contribution in [-0.2, 0) is 16.3 Å². The maximum atomic E-state index is 11.9. The third-order valence-electron chi connectivity index (χ3n) is 5.90. The minimum atomic E-state index is -3.23. The molecule has 2 aliphatic heterocycles. The maximum absolute atomic E-state index is 11.9. The standard InChI is InChI=1S/C22H23ClN6O3S/c1-33(30,31)18-2-3-19-15(10-18)4-9-29(19)20-11-21(27-14-26-20)32-17-5-7-28(8-6-17)22-24-12-16(23)13-25-22/h2-3,10-14,17H,4-9H2,1H3. The molecule has 0 amide bonds. The van der Waals surface area contributed by atoms with Gasteiger partial charge in [0.2, 0.25) is 11.8 Å². The summed E-state index contributed by atoms with van der Waals surface area (Å²) in [5, 5.41) is 0.521. The van der Waals surface area contributed by atoms with Gasteiger partial charge in [0, 0.05) is 50.5 Å². The van der Waals surface area contributed by atoms with Gasteiger partial charge in [0.1, 0.15) is 18.2 Å². The van der Waals surface area contributed by atoms with Gasteiger partial charge in [-0.1, -0.05) is 11.6 Å². The number of hydrogen-bond acceptors (Lipinski definition) is 9. The van der Waals surface area contributed by atoms with Crippen LogP contribution in [0.4, 0.5) is 17.5 Å². The highest BCUT2D eigenvalue weighted by molar-refractivity contribution is 7.90. The molecule has 2 aromatic heterocycles. The van der Waals surface area contributed by atoms with Crippen molar-refractivity contribution in [1.82, 2.24) is 19.9 Å². The first kappa shape index (κ1) is 21.8. The van der Waals surface area contributed by atoms with E-state index in [1.165, 1.54) is 12.6 Å². The zero-order valence-electron chi connectivity index (χ0n) is 18.1. The van der Waals surface area contributed by atoms with Gasteiger partial charge in [0.15, 0.2) is 9.84 Å². The molecule has 0 spiro atoms. The highest BCUT2D eigenvalue weighted by atomic mass is 35.5. The molecule has 0 bridgehead atoms. The second kappa shape index (κ2) is 8.75. The molecule has 1 aromatic carbocycles. The molecule has 5 rings (SSSR count). The Labute approximate surface area is 197 Å². The number of aromatic nitrogens is 4. The van der Waals surface area contributed by atoms with E-state index in [1.807, 2.05) is 12.1 Å². The highest BCUT2D eigenvalue weighted by Crippen LogP contribution is 2.35. The topological polar surface area (TPSA) is 101 Å². The van der Waals surface area contributed by atoms with Crippen LogP contribution in [0.2, 0.25) is 5.02 Å². The first-order chi connectivity index (χ1) is 15.9. The van der Waals surface area contributed by atoms with Gasteiger partial charge in [-0.2, -0.15) is 0 Å². The van der Waals surface area contributed by atoms with E-state index in [4.69, 9.17) is 16.3 Å². The van der Waals surface area contributed by atoms with E-state index in [1.54, 1.807) is 24.5 Å². The molecule has 0 N–H and O–H groups in total. The number of sulfone groups is 1. The van der Waals surface area contributed by atoms with Crippen molar-refractivity contribution in [2.24, 2.45) is 0 Å². The van der Waals surface area contributed by atoms with Crippen LogP contribution in [0, 0.1) is 0 Å². The molecule has 0 atom stereocenters. The van der Waals surface area contributed by atoms with E-state index < -0.39 is 9.84 Å². The normalized spacial score (nSPS) is 16.7. The maximum Gasteiger partial charge on any atom is 0.225 e. The summed E-state index contributed by atoms with van der Waals surface area (Å²) in [6, 6.07) is 7.08. The van der Waals surface area contributed by atoms with E-state index in [9.17, 15) is 8.42 Å². The molecule has 4 heterocycles. The number of benzene rings is 1. The van der Waals surface area contributed by atoms with Crippen LogP contribution in [-0.4, -0.2) is 60.3 Å². The molecule has 0 saturated carbocycles.